The van der Waals surface area contributed by atoms with Gasteiger partial charge in [0.1, 0.15) is 0 Å². The van der Waals surface area contributed by atoms with E-state index in [0.717, 1.165) is 35.5 Å². The van der Waals surface area contributed by atoms with E-state index in [2.05, 4.69) is 15.3 Å². The topological polar surface area (TPSA) is 122 Å². The Morgan fingerprint density at radius 2 is 1.91 bits per heavy atom. The molecule has 1 aliphatic heterocycles. The molecule has 0 radical (unpaired) electrons. The summed E-state index contributed by atoms with van der Waals surface area (Å²) in [5, 5.41) is 3.18. The van der Waals surface area contributed by atoms with Gasteiger partial charge in [-0.3, -0.25) is 9.10 Å². The van der Waals surface area contributed by atoms with Crippen molar-refractivity contribution in [2.24, 2.45) is 0 Å². The number of benzene rings is 2. The van der Waals surface area contributed by atoms with Gasteiger partial charge in [0, 0.05) is 37.6 Å². The van der Waals surface area contributed by atoms with Gasteiger partial charge in [-0.1, -0.05) is 18.2 Å². The van der Waals surface area contributed by atoms with Crippen molar-refractivity contribution in [3.8, 4) is 0 Å². The standard InChI is InChI=1S/C25H30N6O3S/c1-30(35(2,33)34)22-8-4-3-7-18(22)10-11-19-14-15-27-25(28-19)29-20-12-13-23(21(26)17-20)31-16-6-5-9-24(31)32/h3-4,7-8,12-15,17H,5-6,9-11,16,26H2,1-2H3,(H,27,28,29). The molecule has 4 rings (SSSR count). The van der Waals surface area contributed by atoms with E-state index >= 15 is 0 Å². The Balaban J connectivity index is 1.45. The zero-order valence-corrected chi connectivity index (χ0v) is 20.8. The molecular formula is C25H30N6O3S. The number of nitrogen functional groups attached to an aromatic ring is 1. The van der Waals surface area contributed by atoms with E-state index < -0.39 is 10.0 Å². The molecule has 0 bridgehead atoms. The molecule has 2 heterocycles. The Morgan fingerprint density at radius 1 is 1.11 bits per heavy atom. The molecule has 184 valence electrons. The predicted octanol–water partition coefficient (Wildman–Crippen LogP) is 3.50. The summed E-state index contributed by atoms with van der Waals surface area (Å²) in [4.78, 5) is 22.9. The summed E-state index contributed by atoms with van der Waals surface area (Å²) in [5.41, 5.74) is 10.6. The molecule has 35 heavy (non-hydrogen) atoms. The van der Waals surface area contributed by atoms with Crippen LogP contribution in [0, 0.1) is 0 Å². The van der Waals surface area contributed by atoms with Gasteiger partial charge >= 0.3 is 0 Å². The Kier molecular flexibility index (Phi) is 7.20. The fourth-order valence-electron chi connectivity index (χ4n) is 4.13. The van der Waals surface area contributed by atoms with Crippen LogP contribution in [0.15, 0.2) is 54.7 Å². The van der Waals surface area contributed by atoms with Crippen molar-refractivity contribution >= 4 is 44.6 Å². The van der Waals surface area contributed by atoms with Gasteiger partial charge in [-0.25, -0.2) is 18.4 Å². The van der Waals surface area contributed by atoms with E-state index in [1.807, 2.05) is 36.4 Å². The third-order valence-corrected chi connectivity index (χ3v) is 7.28. The Bertz CT molecular complexity index is 1330. The van der Waals surface area contributed by atoms with E-state index in [1.54, 1.807) is 30.3 Å². The largest absolute Gasteiger partial charge is 0.397 e. The number of piperidine rings is 1. The number of carbonyl (C=O) groups excluding carboxylic acids is 1. The van der Waals surface area contributed by atoms with Gasteiger partial charge in [-0.05, 0) is 61.6 Å². The van der Waals surface area contributed by atoms with Crippen LogP contribution in [0.4, 0.5) is 28.7 Å². The molecule has 0 unspecified atom stereocenters. The van der Waals surface area contributed by atoms with Crippen molar-refractivity contribution in [2.45, 2.75) is 32.1 Å². The molecule has 0 saturated carbocycles. The summed E-state index contributed by atoms with van der Waals surface area (Å²) in [6, 6.07) is 14.8. The zero-order chi connectivity index (χ0) is 25.0. The second kappa shape index (κ2) is 10.3. The summed E-state index contributed by atoms with van der Waals surface area (Å²) in [6.07, 6.45) is 6.56. The van der Waals surface area contributed by atoms with Gasteiger partial charge in [-0.15, -0.1) is 0 Å². The maximum atomic E-state index is 12.2. The monoisotopic (exact) mass is 494 g/mol. The van der Waals surface area contributed by atoms with E-state index in [4.69, 9.17) is 5.73 Å². The summed E-state index contributed by atoms with van der Waals surface area (Å²) in [6.45, 7) is 0.685. The molecule has 1 amide bonds. The molecule has 3 N–H and O–H groups in total. The highest BCUT2D eigenvalue weighted by molar-refractivity contribution is 7.92. The molecule has 2 aromatic carbocycles. The maximum Gasteiger partial charge on any atom is 0.232 e. The number of anilines is 5. The molecular weight excluding hydrogens is 464 g/mol. The predicted molar refractivity (Wildman–Crippen MR) is 139 cm³/mol. The minimum atomic E-state index is -3.35. The minimum absolute atomic E-state index is 0.101. The molecule has 1 saturated heterocycles. The number of para-hydroxylation sites is 1. The van der Waals surface area contributed by atoms with E-state index in [1.165, 1.54) is 10.6 Å². The smallest absolute Gasteiger partial charge is 0.232 e. The van der Waals surface area contributed by atoms with Crippen LogP contribution < -0.4 is 20.3 Å². The first-order valence-corrected chi connectivity index (χ1v) is 13.4. The number of nitrogens with zero attached hydrogens (tertiary/aromatic N) is 4. The highest BCUT2D eigenvalue weighted by Crippen LogP contribution is 2.30. The Morgan fingerprint density at radius 3 is 2.66 bits per heavy atom. The van der Waals surface area contributed by atoms with Crippen molar-refractivity contribution < 1.29 is 13.2 Å². The lowest BCUT2D eigenvalue weighted by atomic mass is 10.1. The van der Waals surface area contributed by atoms with E-state index in [0.29, 0.717) is 43.1 Å². The Hall–Kier alpha value is -3.66. The van der Waals surface area contributed by atoms with E-state index in [9.17, 15) is 13.2 Å². The van der Waals surface area contributed by atoms with Crippen LogP contribution in [-0.4, -0.2) is 44.1 Å². The van der Waals surface area contributed by atoms with Gasteiger partial charge in [0.15, 0.2) is 0 Å². The average molecular weight is 495 g/mol. The van der Waals surface area contributed by atoms with Crippen LogP contribution in [0.3, 0.4) is 0 Å². The van der Waals surface area contributed by atoms with Crippen molar-refractivity contribution in [1.29, 1.82) is 0 Å². The number of amides is 1. The lowest BCUT2D eigenvalue weighted by Crippen LogP contribution is -2.35. The first-order valence-electron chi connectivity index (χ1n) is 11.5. The van der Waals surface area contributed by atoms with Crippen molar-refractivity contribution in [3.63, 3.8) is 0 Å². The number of carbonyl (C=O) groups is 1. The zero-order valence-electron chi connectivity index (χ0n) is 19.9. The minimum Gasteiger partial charge on any atom is -0.397 e. The lowest BCUT2D eigenvalue weighted by Gasteiger charge is -2.28. The number of rotatable bonds is 8. The fourth-order valence-corrected chi connectivity index (χ4v) is 4.67. The molecule has 3 aromatic rings. The van der Waals surface area contributed by atoms with Crippen LogP contribution in [0.2, 0.25) is 0 Å². The van der Waals surface area contributed by atoms with Crippen LogP contribution in [0.5, 0.6) is 0 Å². The number of hydrogen-bond donors (Lipinski definition) is 2. The van der Waals surface area contributed by atoms with Gasteiger partial charge in [0.25, 0.3) is 0 Å². The number of sulfonamides is 1. The molecule has 1 fully saturated rings. The van der Waals surface area contributed by atoms with Gasteiger partial charge in [0.05, 0.1) is 23.3 Å². The van der Waals surface area contributed by atoms with Crippen LogP contribution >= 0.6 is 0 Å². The SMILES string of the molecule is CN(c1ccccc1CCc1ccnc(Nc2ccc(N3CCCCC3=O)c(N)c2)n1)S(C)(=O)=O. The molecule has 1 aliphatic rings. The van der Waals surface area contributed by atoms with Gasteiger partial charge in [-0.2, -0.15) is 0 Å². The molecule has 0 atom stereocenters. The summed E-state index contributed by atoms with van der Waals surface area (Å²) >= 11 is 0. The van der Waals surface area contributed by atoms with Crippen LogP contribution in [0.1, 0.15) is 30.5 Å². The third-order valence-electron chi connectivity index (χ3n) is 6.09. The first-order chi connectivity index (χ1) is 16.7. The first kappa shape index (κ1) is 24.5. The number of aromatic nitrogens is 2. The van der Waals surface area contributed by atoms with E-state index in [-0.39, 0.29) is 5.91 Å². The quantitative estimate of drug-likeness (QED) is 0.460. The fraction of sp³-hybridized carbons (Fsp3) is 0.320. The van der Waals surface area contributed by atoms with Crippen LogP contribution in [-0.2, 0) is 27.7 Å². The summed E-state index contributed by atoms with van der Waals surface area (Å²) in [7, 11) is -1.80. The molecule has 10 heteroatoms. The van der Waals surface area contributed by atoms with Crippen LogP contribution in [0.25, 0.3) is 0 Å². The number of aryl methyl sites for hydroxylation is 2. The highest BCUT2D eigenvalue weighted by Gasteiger charge is 2.21. The highest BCUT2D eigenvalue weighted by atomic mass is 32.2. The van der Waals surface area contributed by atoms with Gasteiger partial charge in [0.2, 0.25) is 21.9 Å². The summed E-state index contributed by atoms with van der Waals surface area (Å²) < 4.78 is 25.3. The molecule has 9 nitrogen and oxygen atoms in total. The van der Waals surface area contributed by atoms with Gasteiger partial charge < -0.3 is 16.0 Å². The molecule has 0 spiro atoms. The second-order valence-corrected chi connectivity index (χ2v) is 10.6. The molecule has 1 aromatic heterocycles. The lowest BCUT2D eigenvalue weighted by molar-refractivity contribution is -0.119. The normalized spacial score (nSPS) is 14.1. The van der Waals surface area contributed by atoms with Crippen molar-refractivity contribution in [2.75, 3.05) is 40.1 Å². The molecule has 0 aliphatic carbocycles. The summed E-state index contributed by atoms with van der Waals surface area (Å²) in [5.74, 6) is 0.536. The van der Waals surface area contributed by atoms with Crippen molar-refractivity contribution in [1.82, 2.24) is 9.97 Å². The number of nitrogens with one attached hydrogen (secondary N) is 1. The number of nitrogens with two attached hydrogens (primary N) is 1. The second-order valence-electron chi connectivity index (χ2n) is 8.63. The Labute approximate surface area is 206 Å². The number of hydrogen-bond acceptors (Lipinski definition) is 7. The average Bonchev–Trinajstić information content (AvgIpc) is 2.83. The van der Waals surface area contributed by atoms with Crippen molar-refractivity contribution in [3.05, 3.63) is 66.0 Å². The third kappa shape index (κ3) is 5.89. The maximum absolute atomic E-state index is 12.2.